The van der Waals surface area contributed by atoms with Crippen molar-refractivity contribution in [3.8, 4) is 0 Å². The number of piperazine rings is 1. The Hall–Kier alpha value is -0.770. The molecule has 8 nitrogen and oxygen atoms in total. The summed E-state index contributed by atoms with van der Waals surface area (Å²) in [4.78, 5) is 44.9. The van der Waals surface area contributed by atoms with Crippen molar-refractivity contribution in [1.29, 1.82) is 0 Å². The van der Waals surface area contributed by atoms with Crippen LogP contribution in [-0.4, -0.2) is 84.5 Å². The maximum atomic E-state index is 13.1. The van der Waals surface area contributed by atoms with Crippen molar-refractivity contribution in [1.82, 2.24) is 14.7 Å². The Bertz CT molecular complexity index is 760. The van der Waals surface area contributed by atoms with E-state index >= 15 is 0 Å². The zero-order valence-corrected chi connectivity index (χ0v) is 23.2. The van der Waals surface area contributed by atoms with Gasteiger partial charge in [0.05, 0.1) is 0 Å². The Morgan fingerprint density at radius 2 is 1.41 bits per heavy atom. The van der Waals surface area contributed by atoms with Crippen LogP contribution in [0.25, 0.3) is 0 Å². The molecule has 2 spiro atoms. The molecule has 0 aromatic carbocycles. The standard InChI is InChI=1S/C29H49N3O5/c1-3-22-19-24-5-4-6-25(20-22)29(24)36-34-28(35-37-29)11-7-23(8-12-28)21-27(33)32-13-9-26(10-14-32)31-17-15-30(2)16-18-31/h22-26H,3-21H2,1-2H3. The summed E-state index contributed by atoms with van der Waals surface area (Å²) >= 11 is 0. The van der Waals surface area contributed by atoms with Gasteiger partial charge in [-0.3, -0.25) is 9.69 Å². The van der Waals surface area contributed by atoms with Gasteiger partial charge in [-0.1, -0.05) is 19.8 Å². The molecule has 6 fully saturated rings. The quantitative estimate of drug-likeness (QED) is 0.512. The van der Waals surface area contributed by atoms with Crippen LogP contribution < -0.4 is 0 Å². The number of hydrogen-bond donors (Lipinski definition) is 0. The highest BCUT2D eigenvalue weighted by molar-refractivity contribution is 5.76. The number of likely N-dealkylation sites (tertiary alicyclic amines) is 1. The number of piperidine rings is 1. The summed E-state index contributed by atoms with van der Waals surface area (Å²) in [5.74, 6) is 0.675. The number of carbonyl (C=O) groups is 1. The minimum absolute atomic E-state index is 0.329. The molecular weight excluding hydrogens is 470 g/mol. The van der Waals surface area contributed by atoms with Gasteiger partial charge in [-0.25, -0.2) is 0 Å². The fraction of sp³-hybridized carbons (Fsp3) is 0.966. The number of nitrogens with zero attached hydrogens (tertiary/aromatic N) is 3. The number of likely N-dealkylation sites (N-methyl/N-ethyl adjacent to an activating group) is 1. The molecule has 2 bridgehead atoms. The maximum Gasteiger partial charge on any atom is 0.239 e. The highest BCUT2D eigenvalue weighted by Gasteiger charge is 2.61. The number of amides is 1. The summed E-state index contributed by atoms with van der Waals surface area (Å²) in [5.41, 5.74) is 0. The van der Waals surface area contributed by atoms with E-state index in [-0.39, 0.29) is 0 Å². The van der Waals surface area contributed by atoms with Gasteiger partial charge in [-0.2, -0.15) is 19.6 Å². The van der Waals surface area contributed by atoms with Crippen LogP contribution in [0.2, 0.25) is 0 Å². The molecule has 3 saturated heterocycles. The average molecular weight is 520 g/mol. The van der Waals surface area contributed by atoms with Crippen molar-refractivity contribution in [2.75, 3.05) is 46.3 Å². The van der Waals surface area contributed by atoms with Gasteiger partial charge in [-0.05, 0) is 70.3 Å². The summed E-state index contributed by atoms with van der Waals surface area (Å²) in [6, 6.07) is 0.646. The highest BCUT2D eigenvalue weighted by Crippen LogP contribution is 2.56. The van der Waals surface area contributed by atoms with Crippen molar-refractivity contribution in [3.05, 3.63) is 0 Å². The topological polar surface area (TPSA) is 63.7 Å². The summed E-state index contributed by atoms with van der Waals surface area (Å²) in [6.45, 7) is 8.76. The Morgan fingerprint density at radius 1 is 0.784 bits per heavy atom. The maximum absolute atomic E-state index is 13.1. The fourth-order valence-electron chi connectivity index (χ4n) is 8.26. The highest BCUT2D eigenvalue weighted by atomic mass is 17.4. The lowest BCUT2D eigenvalue weighted by Gasteiger charge is -2.55. The first-order valence-corrected chi connectivity index (χ1v) is 15.4. The molecule has 2 atom stereocenters. The lowest BCUT2D eigenvalue weighted by molar-refractivity contribution is -0.678. The summed E-state index contributed by atoms with van der Waals surface area (Å²) in [6.07, 6.45) is 13.1. The number of hydrogen-bond acceptors (Lipinski definition) is 7. The molecule has 6 aliphatic rings. The van der Waals surface area contributed by atoms with Crippen LogP contribution >= 0.6 is 0 Å². The Labute approximate surface area is 223 Å². The molecule has 0 aromatic heterocycles. The minimum atomic E-state index is -0.804. The van der Waals surface area contributed by atoms with E-state index in [0.29, 0.717) is 36.1 Å². The number of rotatable bonds is 4. The molecule has 37 heavy (non-hydrogen) atoms. The minimum Gasteiger partial charge on any atom is -0.343 e. The van der Waals surface area contributed by atoms with Crippen LogP contribution in [0.4, 0.5) is 0 Å². The Kier molecular flexibility index (Phi) is 7.87. The fourth-order valence-corrected chi connectivity index (χ4v) is 8.26. The molecule has 3 aliphatic carbocycles. The van der Waals surface area contributed by atoms with Gasteiger partial charge in [0.25, 0.3) is 0 Å². The van der Waals surface area contributed by atoms with Crippen LogP contribution in [0.15, 0.2) is 0 Å². The normalized spacial score (nSPS) is 42.4. The van der Waals surface area contributed by atoms with Crippen LogP contribution in [0, 0.1) is 23.7 Å². The van der Waals surface area contributed by atoms with Crippen LogP contribution in [0.1, 0.15) is 90.4 Å². The van der Waals surface area contributed by atoms with E-state index in [1.165, 1.54) is 12.8 Å². The second kappa shape index (κ2) is 11.0. The summed E-state index contributed by atoms with van der Waals surface area (Å²) in [7, 11) is 2.21. The summed E-state index contributed by atoms with van der Waals surface area (Å²) in [5, 5.41) is 0. The van der Waals surface area contributed by atoms with Crippen molar-refractivity contribution < 1.29 is 24.3 Å². The zero-order valence-electron chi connectivity index (χ0n) is 23.2. The molecule has 8 heteroatoms. The Balaban J connectivity index is 0.947. The average Bonchev–Trinajstić information content (AvgIpc) is 2.92. The van der Waals surface area contributed by atoms with Gasteiger partial charge < -0.3 is 9.80 Å². The van der Waals surface area contributed by atoms with Gasteiger partial charge in [0, 0.05) is 76.4 Å². The molecule has 210 valence electrons. The van der Waals surface area contributed by atoms with Gasteiger partial charge in [0.15, 0.2) is 0 Å². The van der Waals surface area contributed by atoms with Crippen molar-refractivity contribution in [2.24, 2.45) is 23.7 Å². The summed E-state index contributed by atoms with van der Waals surface area (Å²) < 4.78 is 0. The van der Waals surface area contributed by atoms with Gasteiger partial charge >= 0.3 is 0 Å². The van der Waals surface area contributed by atoms with E-state index in [1.807, 2.05) is 0 Å². The van der Waals surface area contributed by atoms with Gasteiger partial charge in [0.1, 0.15) is 0 Å². The van der Waals surface area contributed by atoms with Crippen molar-refractivity contribution in [2.45, 2.75) is 108 Å². The first-order valence-electron chi connectivity index (χ1n) is 15.4. The van der Waals surface area contributed by atoms with E-state index in [9.17, 15) is 4.79 Å². The molecule has 0 N–H and O–H groups in total. The molecule has 0 radical (unpaired) electrons. The Morgan fingerprint density at radius 3 is 2.00 bits per heavy atom. The van der Waals surface area contributed by atoms with Crippen molar-refractivity contribution in [3.63, 3.8) is 0 Å². The third kappa shape index (κ3) is 5.36. The SMILES string of the molecule is CCC1CC2CCCC(C1)C21OOC2(CCC(CC(=O)N3CCC(N4CCN(C)CC4)CC3)CC2)OO1. The van der Waals surface area contributed by atoms with Crippen LogP contribution in [0.3, 0.4) is 0 Å². The monoisotopic (exact) mass is 519 g/mol. The lowest BCUT2D eigenvalue weighted by Crippen LogP contribution is -2.62. The molecule has 2 unspecified atom stereocenters. The van der Waals surface area contributed by atoms with Crippen molar-refractivity contribution >= 4 is 5.91 Å². The van der Waals surface area contributed by atoms with E-state index in [2.05, 4.69) is 28.7 Å². The third-order valence-electron chi connectivity index (χ3n) is 10.9. The van der Waals surface area contributed by atoms with Gasteiger partial charge in [0.2, 0.25) is 17.5 Å². The molecule has 1 amide bonds. The second-order valence-corrected chi connectivity index (χ2v) is 13.1. The molecule has 0 aromatic rings. The van der Waals surface area contributed by atoms with Gasteiger partial charge in [-0.15, -0.1) is 0 Å². The smallest absolute Gasteiger partial charge is 0.239 e. The van der Waals surface area contributed by atoms with E-state index in [0.717, 1.165) is 109 Å². The van der Waals surface area contributed by atoms with E-state index in [1.54, 1.807) is 0 Å². The predicted octanol–water partition coefficient (Wildman–Crippen LogP) is 4.34. The molecule has 3 heterocycles. The third-order valence-corrected chi connectivity index (χ3v) is 10.9. The first-order chi connectivity index (χ1) is 18.0. The second-order valence-electron chi connectivity index (χ2n) is 13.1. The zero-order chi connectivity index (χ0) is 25.5. The molecular formula is C29H49N3O5. The largest absolute Gasteiger partial charge is 0.343 e. The van der Waals surface area contributed by atoms with Crippen LogP contribution in [-0.2, 0) is 24.3 Å². The first kappa shape index (κ1) is 26.5. The lowest BCUT2D eigenvalue weighted by atomic mass is 9.63. The van der Waals surface area contributed by atoms with E-state index < -0.39 is 11.6 Å². The molecule has 6 rings (SSSR count). The van der Waals surface area contributed by atoms with E-state index in [4.69, 9.17) is 19.6 Å². The number of carbonyl (C=O) groups excluding carboxylic acids is 1. The molecule has 3 aliphatic heterocycles. The van der Waals surface area contributed by atoms with Crippen LogP contribution in [0.5, 0.6) is 0 Å². The molecule has 3 saturated carbocycles. The predicted molar refractivity (Wildman–Crippen MR) is 139 cm³/mol.